The van der Waals surface area contributed by atoms with Gasteiger partial charge in [-0.05, 0) is 32.6 Å². The van der Waals surface area contributed by atoms with Crippen LogP contribution in [0, 0.1) is 0 Å². The predicted molar refractivity (Wildman–Crippen MR) is 58.7 cm³/mol. The average Bonchev–Trinajstić information content (AvgIpc) is 2.22. The van der Waals surface area contributed by atoms with Crippen molar-refractivity contribution in [2.45, 2.75) is 63.6 Å². The Kier molecular flexibility index (Phi) is 3.42. The number of nitrogens with zero attached hydrogens (tertiary/aromatic N) is 1. The molecule has 3 atom stereocenters. The number of aliphatic hydroxyl groups excluding tert-OH is 1. The SMILES string of the molecule is CC1CCC(O)CN1C1CCCC(=O)C1. The maximum Gasteiger partial charge on any atom is 0.134 e. The summed E-state index contributed by atoms with van der Waals surface area (Å²) in [4.78, 5) is 13.8. The van der Waals surface area contributed by atoms with Gasteiger partial charge in [-0.25, -0.2) is 0 Å². The summed E-state index contributed by atoms with van der Waals surface area (Å²) in [6.07, 6.45) is 5.42. The molecule has 15 heavy (non-hydrogen) atoms. The second-order valence-electron chi connectivity index (χ2n) is 5.07. The van der Waals surface area contributed by atoms with Gasteiger partial charge in [-0.3, -0.25) is 9.69 Å². The van der Waals surface area contributed by atoms with E-state index in [1.807, 2.05) is 0 Å². The largest absolute Gasteiger partial charge is 0.392 e. The molecule has 2 aliphatic rings. The molecule has 1 heterocycles. The summed E-state index contributed by atoms with van der Waals surface area (Å²) in [5, 5.41) is 9.67. The third kappa shape index (κ3) is 2.58. The molecular weight excluding hydrogens is 190 g/mol. The first-order valence-electron chi connectivity index (χ1n) is 6.12. The normalized spacial score (nSPS) is 39.3. The van der Waals surface area contributed by atoms with Crippen LogP contribution in [0.1, 0.15) is 45.4 Å². The standard InChI is InChI=1S/C12H21NO2/c1-9-5-6-12(15)8-13(9)10-3-2-4-11(14)7-10/h9-10,12,15H,2-8H2,1H3. The summed E-state index contributed by atoms with van der Waals surface area (Å²) < 4.78 is 0. The summed E-state index contributed by atoms with van der Waals surface area (Å²) in [6, 6.07) is 0.931. The van der Waals surface area contributed by atoms with Crippen LogP contribution in [0.25, 0.3) is 0 Å². The number of hydrogen-bond acceptors (Lipinski definition) is 3. The molecule has 2 fully saturated rings. The molecule has 1 saturated heterocycles. The molecule has 3 nitrogen and oxygen atoms in total. The van der Waals surface area contributed by atoms with Crippen LogP contribution >= 0.6 is 0 Å². The number of β-amino-alcohol motifs (C(OH)–C–C–N with tert-alkyl or cyclic N) is 1. The number of ketones is 1. The molecule has 1 N–H and O–H groups in total. The van der Waals surface area contributed by atoms with Crippen LogP contribution in [-0.2, 0) is 4.79 Å². The van der Waals surface area contributed by atoms with Crippen molar-refractivity contribution in [3.05, 3.63) is 0 Å². The maximum atomic E-state index is 11.4. The summed E-state index contributed by atoms with van der Waals surface area (Å²) in [5.74, 6) is 0.401. The van der Waals surface area contributed by atoms with Crippen LogP contribution in [0.3, 0.4) is 0 Å². The van der Waals surface area contributed by atoms with Crippen molar-refractivity contribution >= 4 is 5.78 Å². The van der Waals surface area contributed by atoms with Crippen molar-refractivity contribution in [1.82, 2.24) is 4.90 Å². The summed E-state index contributed by atoms with van der Waals surface area (Å²) in [6.45, 7) is 2.98. The lowest BCUT2D eigenvalue weighted by Gasteiger charge is -2.42. The minimum atomic E-state index is -0.182. The first-order valence-corrected chi connectivity index (χ1v) is 6.12. The van der Waals surface area contributed by atoms with E-state index >= 15 is 0 Å². The van der Waals surface area contributed by atoms with Gasteiger partial charge in [0.1, 0.15) is 5.78 Å². The van der Waals surface area contributed by atoms with E-state index in [0.717, 1.165) is 38.6 Å². The van der Waals surface area contributed by atoms with Gasteiger partial charge in [0, 0.05) is 31.5 Å². The van der Waals surface area contributed by atoms with E-state index < -0.39 is 0 Å². The quantitative estimate of drug-likeness (QED) is 0.711. The van der Waals surface area contributed by atoms with Gasteiger partial charge in [-0.1, -0.05) is 0 Å². The molecule has 3 heteroatoms. The van der Waals surface area contributed by atoms with Gasteiger partial charge >= 0.3 is 0 Å². The number of aliphatic hydroxyl groups is 1. The van der Waals surface area contributed by atoms with Crippen molar-refractivity contribution in [1.29, 1.82) is 0 Å². The molecule has 1 aliphatic heterocycles. The van der Waals surface area contributed by atoms with Crippen molar-refractivity contribution in [2.24, 2.45) is 0 Å². The Bertz CT molecular complexity index is 242. The van der Waals surface area contributed by atoms with Gasteiger partial charge in [-0.2, -0.15) is 0 Å². The van der Waals surface area contributed by atoms with Gasteiger partial charge in [0.15, 0.2) is 0 Å². The van der Waals surface area contributed by atoms with Crippen molar-refractivity contribution in [3.63, 3.8) is 0 Å². The third-order valence-electron chi connectivity index (χ3n) is 3.83. The lowest BCUT2D eigenvalue weighted by Crippen LogP contribution is -2.51. The molecule has 0 bridgehead atoms. The van der Waals surface area contributed by atoms with Crippen LogP contribution < -0.4 is 0 Å². The molecule has 0 aromatic rings. The minimum absolute atomic E-state index is 0.182. The Morgan fingerprint density at radius 2 is 2.13 bits per heavy atom. The van der Waals surface area contributed by atoms with Crippen LogP contribution in [0.15, 0.2) is 0 Å². The summed E-state index contributed by atoms with van der Waals surface area (Å²) in [7, 11) is 0. The van der Waals surface area contributed by atoms with Crippen LogP contribution in [0.2, 0.25) is 0 Å². The van der Waals surface area contributed by atoms with Gasteiger partial charge < -0.3 is 5.11 Å². The van der Waals surface area contributed by atoms with E-state index in [9.17, 15) is 9.90 Å². The second-order valence-corrected chi connectivity index (χ2v) is 5.07. The highest BCUT2D eigenvalue weighted by Crippen LogP contribution is 2.27. The monoisotopic (exact) mass is 211 g/mol. The molecule has 0 spiro atoms. The first kappa shape index (κ1) is 11.1. The van der Waals surface area contributed by atoms with Crippen molar-refractivity contribution in [3.8, 4) is 0 Å². The van der Waals surface area contributed by atoms with Crippen LogP contribution in [0.4, 0.5) is 0 Å². The summed E-state index contributed by atoms with van der Waals surface area (Å²) in [5.41, 5.74) is 0. The number of rotatable bonds is 1. The molecule has 2 rings (SSSR count). The second kappa shape index (κ2) is 4.62. The lowest BCUT2D eigenvalue weighted by molar-refractivity contribution is -0.123. The number of piperidine rings is 1. The summed E-state index contributed by atoms with van der Waals surface area (Å²) >= 11 is 0. The predicted octanol–water partition coefficient (Wildman–Crippen LogP) is 1.34. The maximum absolute atomic E-state index is 11.4. The third-order valence-corrected chi connectivity index (χ3v) is 3.83. The molecule has 1 saturated carbocycles. The Hall–Kier alpha value is -0.410. The molecular formula is C12H21NO2. The van der Waals surface area contributed by atoms with E-state index in [1.165, 1.54) is 0 Å². The highest BCUT2D eigenvalue weighted by atomic mass is 16.3. The van der Waals surface area contributed by atoms with E-state index in [-0.39, 0.29) is 6.10 Å². The molecule has 0 aromatic carbocycles. The zero-order valence-corrected chi connectivity index (χ0v) is 9.48. The van der Waals surface area contributed by atoms with Gasteiger partial charge in [0.2, 0.25) is 0 Å². The van der Waals surface area contributed by atoms with Gasteiger partial charge in [0.25, 0.3) is 0 Å². The fraction of sp³-hybridized carbons (Fsp3) is 0.917. The molecule has 3 unspecified atom stereocenters. The van der Waals surface area contributed by atoms with Gasteiger partial charge in [-0.15, -0.1) is 0 Å². The Labute approximate surface area is 91.5 Å². The van der Waals surface area contributed by atoms with Crippen molar-refractivity contribution < 1.29 is 9.90 Å². The number of hydrogen-bond donors (Lipinski definition) is 1. The molecule has 86 valence electrons. The molecule has 0 radical (unpaired) electrons. The zero-order valence-electron chi connectivity index (χ0n) is 9.48. The van der Waals surface area contributed by atoms with E-state index in [1.54, 1.807) is 0 Å². The van der Waals surface area contributed by atoms with Crippen molar-refractivity contribution in [2.75, 3.05) is 6.54 Å². The van der Waals surface area contributed by atoms with Gasteiger partial charge in [0.05, 0.1) is 6.10 Å². The smallest absolute Gasteiger partial charge is 0.134 e. The highest BCUT2D eigenvalue weighted by Gasteiger charge is 2.32. The van der Waals surface area contributed by atoms with E-state index in [0.29, 0.717) is 24.3 Å². The van der Waals surface area contributed by atoms with E-state index in [2.05, 4.69) is 11.8 Å². The fourth-order valence-electron chi connectivity index (χ4n) is 2.91. The zero-order chi connectivity index (χ0) is 10.8. The van der Waals surface area contributed by atoms with E-state index in [4.69, 9.17) is 0 Å². The number of carbonyl (C=O) groups is 1. The Morgan fingerprint density at radius 1 is 1.33 bits per heavy atom. The number of Topliss-reactive ketones (excluding diaryl/α,β-unsaturated/α-hetero) is 1. The molecule has 1 aliphatic carbocycles. The Morgan fingerprint density at radius 3 is 2.87 bits per heavy atom. The van der Waals surface area contributed by atoms with Crippen LogP contribution in [0.5, 0.6) is 0 Å². The molecule has 0 amide bonds. The number of likely N-dealkylation sites (tertiary alicyclic amines) is 1. The molecule has 0 aromatic heterocycles. The van der Waals surface area contributed by atoms with Crippen LogP contribution in [-0.4, -0.2) is 40.5 Å². The minimum Gasteiger partial charge on any atom is -0.392 e. The average molecular weight is 211 g/mol. The Balaban J connectivity index is 1.97. The first-order chi connectivity index (χ1) is 7.16. The lowest BCUT2D eigenvalue weighted by atomic mass is 9.89. The highest BCUT2D eigenvalue weighted by molar-refractivity contribution is 5.79. The number of carbonyl (C=O) groups excluding carboxylic acids is 1. The fourth-order valence-corrected chi connectivity index (χ4v) is 2.91. The topological polar surface area (TPSA) is 40.5 Å².